The summed E-state index contributed by atoms with van der Waals surface area (Å²) in [5.41, 5.74) is 0. The van der Waals surface area contributed by atoms with Crippen molar-refractivity contribution < 1.29 is 14.7 Å². The largest absolute Gasteiger partial charge is 0.481 e. The average molecular weight is 402 g/mol. The van der Waals surface area contributed by atoms with Crippen molar-refractivity contribution in [1.82, 2.24) is 20.2 Å². The van der Waals surface area contributed by atoms with Crippen molar-refractivity contribution in [3.05, 3.63) is 11.2 Å². The molecule has 2 N–H and O–H groups in total. The van der Waals surface area contributed by atoms with E-state index in [1.165, 1.54) is 0 Å². The zero-order valence-corrected chi connectivity index (χ0v) is 16.5. The number of amides is 2. The molecule has 2 heterocycles. The number of hydrogen-bond donors (Lipinski definition) is 2. The van der Waals surface area contributed by atoms with Crippen molar-refractivity contribution in [2.24, 2.45) is 0 Å². The van der Waals surface area contributed by atoms with Gasteiger partial charge in [0, 0.05) is 38.3 Å². The third kappa shape index (κ3) is 5.91. The maximum Gasteiger partial charge on any atom is 0.317 e. The zero-order valence-electron chi connectivity index (χ0n) is 14.9. The second kappa shape index (κ2) is 9.82. The van der Waals surface area contributed by atoms with Gasteiger partial charge in [0.15, 0.2) is 5.16 Å². The number of rotatable bonds is 7. The maximum atomic E-state index is 12.3. The number of hydrogen-bond acceptors (Lipinski definition) is 6. The quantitative estimate of drug-likeness (QED) is 0.313. The van der Waals surface area contributed by atoms with Gasteiger partial charge in [-0.2, -0.15) is 0 Å². The Bertz CT molecular complexity index is 648. The van der Waals surface area contributed by atoms with Gasteiger partial charge in [0.1, 0.15) is 11.0 Å². The molecule has 2 amide bonds. The molecule has 0 saturated carbocycles. The molecule has 0 spiro atoms. The lowest BCUT2D eigenvalue weighted by molar-refractivity contribution is -0.133. The topological polar surface area (TPSA) is 98.7 Å². The molecule has 8 nitrogen and oxygen atoms in total. The number of aliphatic carboxylic acids is 1. The molecule has 144 valence electrons. The highest BCUT2D eigenvalue weighted by molar-refractivity contribution is 7.99. The number of carbonyl (C=O) groups is 2. The van der Waals surface area contributed by atoms with Crippen molar-refractivity contribution in [3.63, 3.8) is 0 Å². The Morgan fingerprint density at radius 2 is 2.19 bits per heavy atom. The van der Waals surface area contributed by atoms with E-state index in [4.69, 9.17) is 16.7 Å². The van der Waals surface area contributed by atoms with Crippen molar-refractivity contribution in [1.29, 1.82) is 0 Å². The molecule has 1 aromatic heterocycles. The van der Waals surface area contributed by atoms with Gasteiger partial charge >= 0.3 is 12.0 Å². The summed E-state index contributed by atoms with van der Waals surface area (Å²) in [6, 6.07) is 1.65. The monoisotopic (exact) mass is 401 g/mol. The van der Waals surface area contributed by atoms with E-state index >= 15 is 0 Å². The summed E-state index contributed by atoms with van der Waals surface area (Å²) < 4.78 is 0. The van der Waals surface area contributed by atoms with Crippen molar-refractivity contribution in [2.75, 3.05) is 36.8 Å². The fourth-order valence-corrected chi connectivity index (χ4v) is 3.48. The number of thioether (sulfide) groups is 1. The first-order valence-corrected chi connectivity index (χ1v) is 9.95. The number of nitrogens with one attached hydrogen (secondary N) is 1. The van der Waals surface area contributed by atoms with Crippen LogP contribution < -0.4 is 10.2 Å². The molecule has 0 bridgehead atoms. The summed E-state index contributed by atoms with van der Waals surface area (Å²) in [5, 5.41) is 12.3. The van der Waals surface area contributed by atoms with Gasteiger partial charge in [0.25, 0.3) is 0 Å². The van der Waals surface area contributed by atoms with Crippen LogP contribution in [0.4, 0.5) is 10.6 Å². The maximum absolute atomic E-state index is 12.3. The normalized spacial score (nSPS) is 17.3. The van der Waals surface area contributed by atoms with Crippen LogP contribution >= 0.6 is 23.4 Å². The predicted octanol–water partition coefficient (Wildman–Crippen LogP) is 2.33. The Hall–Kier alpha value is -1.74. The predicted molar refractivity (Wildman–Crippen MR) is 102 cm³/mol. The summed E-state index contributed by atoms with van der Waals surface area (Å²) >= 11 is 7.09. The summed E-state index contributed by atoms with van der Waals surface area (Å²) in [4.78, 5) is 35.3. The molecule has 1 aromatic rings. The van der Waals surface area contributed by atoms with Gasteiger partial charge in [-0.3, -0.25) is 4.79 Å². The molecule has 2 rings (SSSR count). The second-order valence-electron chi connectivity index (χ2n) is 6.09. The number of carboxylic acids is 1. The van der Waals surface area contributed by atoms with E-state index in [0.29, 0.717) is 37.2 Å². The molecule has 0 aliphatic carbocycles. The van der Waals surface area contributed by atoms with Crippen LogP contribution in [0.15, 0.2) is 11.2 Å². The summed E-state index contributed by atoms with van der Waals surface area (Å²) in [6.07, 6.45) is 2.01. The van der Waals surface area contributed by atoms with Crippen molar-refractivity contribution in [3.8, 4) is 0 Å². The van der Waals surface area contributed by atoms with E-state index in [2.05, 4.69) is 22.2 Å². The minimum atomic E-state index is -0.934. The van der Waals surface area contributed by atoms with Crippen LogP contribution in [0.1, 0.15) is 26.7 Å². The number of aromatic nitrogens is 2. The molecule has 26 heavy (non-hydrogen) atoms. The van der Waals surface area contributed by atoms with Gasteiger partial charge in [0.05, 0.1) is 5.75 Å². The van der Waals surface area contributed by atoms with Crippen LogP contribution in [0, 0.1) is 0 Å². The number of anilines is 1. The molecule has 0 unspecified atom stereocenters. The van der Waals surface area contributed by atoms with Gasteiger partial charge in [-0.1, -0.05) is 36.7 Å². The first kappa shape index (κ1) is 20.6. The van der Waals surface area contributed by atoms with Crippen LogP contribution in [-0.2, 0) is 4.79 Å². The summed E-state index contributed by atoms with van der Waals surface area (Å²) in [6.45, 7) is 6.60. The number of carbonyl (C=O) groups excluding carboxylic acids is 1. The van der Waals surface area contributed by atoms with Crippen LogP contribution in [0.2, 0.25) is 5.15 Å². The Morgan fingerprint density at radius 3 is 2.85 bits per heavy atom. The number of nitrogens with zero attached hydrogens (tertiary/aromatic N) is 4. The molecule has 1 fully saturated rings. The Morgan fingerprint density at radius 1 is 1.42 bits per heavy atom. The average Bonchev–Trinajstić information content (AvgIpc) is 2.59. The van der Waals surface area contributed by atoms with Gasteiger partial charge in [-0.15, -0.1) is 0 Å². The lowest BCUT2D eigenvalue weighted by Crippen LogP contribution is -2.56. The fraction of sp³-hybridized carbons (Fsp3) is 0.625. The number of urea groups is 1. The molecular weight excluding hydrogens is 378 g/mol. The number of halogens is 1. The number of carboxylic acid groups (broad SMARTS) is 1. The second-order valence-corrected chi connectivity index (χ2v) is 7.42. The first-order chi connectivity index (χ1) is 12.4. The van der Waals surface area contributed by atoms with Gasteiger partial charge in [-0.05, 0) is 13.3 Å². The van der Waals surface area contributed by atoms with Crippen molar-refractivity contribution >= 4 is 41.2 Å². The molecule has 1 aliphatic heterocycles. The number of piperazine rings is 1. The van der Waals surface area contributed by atoms with Crippen LogP contribution in [0.3, 0.4) is 0 Å². The van der Waals surface area contributed by atoms with Crippen LogP contribution in [0.25, 0.3) is 0 Å². The highest BCUT2D eigenvalue weighted by Crippen LogP contribution is 2.24. The molecule has 1 aliphatic rings. The first-order valence-electron chi connectivity index (χ1n) is 8.59. The third-order valence-electron chi connectivity index (χ3n) is 4.00. The molecular formula is C16H24ClN5O3S. The molecule has 0 radical (unpaired) electrons. The third-order valence-corrected chi connectivity index (χ3v) is 5.03. The standard InChI is InChI=1S/C16H24ClN5O3S/c1-3-4-5-18-16(25)22-7-6-21(9-11(22)2)13-8-12(17)19-15(20-13)26-10-14(23)24/h8,11H,3-7,9-10H2,1-2H3,(H,18,25)(H,23,24)/t11-/m1/s1. The Balaban J connectivity index is 1.99. The van der Waals surface area contributed by atoms with Gasteiger partial charge < -0.3 is 20.2 Å². The zero-order chi connectivity index (χ0) is 19.1. The summed E-state index contributed by atoms with van der Waals surface area (Å²) in [7, 11) is 0. The molecule has 0 aromatic carbocycles. The van der Waals surface area contributed by atoms with E-state index in [-0.39, 0.29) is 23.0 Å². The highest BCUT2D eigenvalue weighted by Gasteiger charge is 2.28. The Labute approximate surface area is 162 Å². The molecule has 1 atom stereocenters. The SMILES string of the molecule is CCCCNC(=O)N1CCN(c2cc(Cl)nc(SCC(=O)O)n2)C[C@H]1C. The minimum Gasteiger partial charge on any atom is -0.481 e. The van der Waals surface area contributed by atoms with E-state index in [1.54, 1.807) is 6.07 Å². The summed E-state index contributed by atoms with van der Waals surface area (Å²) in [5.74, 6) is -0.408. The van der Waals surface area contributed by atoms with Gasteiger partial charge in [-0.25, -0.2) is 14.8 Å². The Kier molecular flexibility index (Phi) is 7.77. The smallest absolute Gasteiger partial charge is 0.317 e. The molecule has 10 heteroatoms. The van der Waals surface area contributed by atoms with E-state index < -0.39 is 5.97 Å². The van der Waals surface area contributed by atoms with Crippen LogP contribution in [-0.4, -0.2) is 69.9 Å². The van der Waals surface area contributed by atoms with Crippen LogP contribution in [0.5, 0.6) is 0 Å². The fourth-order valence-electron chi connectivity index (χ4n) is 2.68. The van der Waals surface area contributed by atoms with E-state index in [1.807, 2.05) is 16.7 Å². The number of unbranched alkanes of at least 4 members (excludes halogenated alkanes) is 1. The highest BCUT2D eigenvalue weighted by atomic mass is 35.5. The van der Waals surface area contributed by atoms with E-state index in [0.717, 1.165) is 24.6 Å². The lowest BCUT2D eigenvalue weighted by atomic mass is 10.2. The van der Waals surface area contributed by atoms with Crippen molar-refractivity contribution in [2.45, 2.75) is 37.9 Å². The van der Waals surface area contributed by atoms with Gasteiger partial charge in [0.2, 0.25) is 0 Å². The minimum absolute atomic E-state index is 0.0224. The molecule has 1 saturated heterocycles. The van der Waals surface area contributed by atoms with E-state index in [9.17, 15) is 9.59 Å². The lowest BCUT2D eigenvalue weighted by Gasteiger charge is -2.40.